The molecule has 236 valence electrons. The molecule has 0 saturated heterocycles. The van der Waals surface area contributed by atoms with E-state index in [1.807, 2.05) is 0 Å². The molecule has 0 N–H and O–H groups in total. The quantitative estimate of drug-likeness (QED) is 0.0804. The smallest absolute Gasteiger partial charge is 0.208 e. The highest BCUT2D eigenvalue weighted by molar-refractivity contribution is 6.97. The maximum absolute atomic E-state index is 16.0. The number of fused-ring (bicyclic) bond motifs is 4. The first-order valence-corrected chi connectivity index (χ1v) is 14.0. The molecule has 0 nitrogen and oxygen atoms in total. The van der Waals surface area contributed by atoms with E-state index >= 15 is 30.7 Å². The van der Waals surface area contributed by atoms with E-state index in [2.05, 4.69) is 0 Å². The molecule has 0 spiro atoms. The van der Waals surface area contributed by atoms with Crippen molar-refractivity contribution in [2.45, 2.75) is 5.92 Å². The minimum atomic E-state index is -5.39. The third kappa shape index (κ3) is 4.03. The molecule has 0 saturated carbocycles. The zero-order valence-electron chi connectivity index (χ0n) is 21.5. The summed E-state index contributed by atoms with van der Waals surface area (Å²) in [6, 6.07) is 0.778. The fourth-order valence-electron chi connectivity index (χ4n) is 5.70. The topological polar surface area (TPSA) is 0 Å². The number of rotatable bonds is 3. The molecule has 17 heteroatoms. The highest BCUT2D eigenvalue weighted by atomic mass is 27.2. The van der Waals surface area contributed by atoms with Crippen molar-refractivity contribution >= 4 is 38.2 Å². The number of alkyl halides is 2. The monoisotopic (exact) mass is 684 g/mol. The van der Waals surface area contributed by atoms with Crippen molar-refractivity contribution in [3.8, 4) is 11.1 Å². The molecule has 0 fully saturated rings. The average molecular weight is 684 g/mol. The molecule has 1 aliphatic rings. The number of benzene rings is 5. The number of hydrogen-bond donors (Lipinski definition) is 0. The van der Waals surface area contributed by atoms with Crippen molar-refractivity contribution in [1.82, 2.24) is 0 Å². The first-order valence-electron chi connectivity index (χ1n) is 12.3. The molecule has 0 amide bonds. The maximum atomic E-state index is 16.0. The summed E-state index contributed by atoms with van der Waals surface area (Å²) in [5.41, 5.74) is -9.15. The van der Waals surface area contributed by atoms with Crippen molar-refractivity contribution in [1.29, 1.82) is 0 Å². The second-order valence-corrected chi connectivity index (χ2v) is 12.6. The molecule has 0 atom stereocenters. The Kier molecular flexibility index (Phi) is 7.17. The molecule has 5 aromatic carbocycles. The van der Waals surface area contributed by atoms with Gasteiger partial charge in [-0.1, -0.05) is 14.9 Å². The van der Waals surface area contributed by atoms with E-state index in [1.165, 1.54) is 0 Å². The van der Waals surface area contributed by atoms with E-state index in [0.29, 0.717) is 6.07 Å². The highest BCUT2D eigenvalue weighted by Crippen LogP contribution is 2.54. The lowest BCUT2D eigenvalue weighted by atomic mass is 10.0. The average Bonchev–Trinajstić information content (AvgIpc) is 3.25. The van der Waals surface area contributed by atoms with Crippen LogP contribution in [0, 0.1) is 81.4 Å². The largest absolute Gasteiger partial charge is 0.399 e. The van der Waals surface area contributed by atoms with E-state index in [0.717, 1.165) is 0 Å². The van der Waals surface area contributed by atoms with Crippen molar-refractivity contribution < 1.29 is 70.2 Å². The highest BCUT2D eigenvalue weighted by Gasteiger charge is 2.56. The normalized spacial score (nSPS) is 13.4. The van der Waals surface area contributed by atoms with Crippen LogP contribution in [0.3, 0.4) is 0 Å². The van der Waals surface area contributed by atoms with Crippen LogP contribution in [0.4, 0.5) is 70.2 Å². The second-order valence-electron chi connectivity index (χ2n) is 9.92. The van der Waals surface area contributed by atoms with Crippen LogP contribution in [0.1, 0.15) is 11.1 Å². The van der Waals surface area contributed by atoms with Crippen LogP contribution >= 0.6 is 0 Å². The van der Waals surface area contributed by atoms with Gasteiger partial charge in [-0.3, -0.25) is 0 Å². The Balaban J connectivity index is 1.89. The number of halogens is 16. The van der Waals surface area contributed by atoms with Gasteiger partial charge in [-0.25, -0.2) is 61.5 Å². The van der Waals surface area contributed by atoms with Gasteiger partial charge >= 0.3 is 20.1 Å². The van der Waals surface area contributed by atoms with Crippen LogP contribution in [0.15, 0.2) is 30.3 Å². The summed E-state index contributed by atoms with van der Waals surface area (Å²) in [6.45, 7) is 0. The molecule has 0 aliphatic heterocycles. The molecule has 0 heterocycles. The van der Waals surface area contributed by atoms with Gasteiger partial charge in [0, 0.05) is 16.7 Å². The Labute approximate surface area is 248 Å². The van der Waals surface area contributed by atoms with Gasteiger partial charge in [0.25, 0.3) is 0 Å². The first kappa shape index (κ1) is 31.7. The summed E-state index contributed by atoms with van der Waals surface area (Å²) in [5, 5.41) is -2.77. The Morgan fingerprint density at radius 1 is 0.413 bits per heavy atom. The number of hydrogen-bond acceptors (Lipinski definition) is 0. The van der Waals surface area contributed by atoms with Crippen LogP contribution in [0.5, 0.6) is 0 Å². The van der Waals surface area contributed by atoms with Crippen LogP contribution in [-0.4, -0.2) is 14.1 Å². The minimum absolute atomic E-state index is 0.0315. The lowest BCUT2D eigenvalue weighted by Crippen LogP contribution is -2.58. The molecular formula is C29H5AlF16. The van der Waals surface area contributed by atoms with Crippen molar-refractivity contribution in [3.63, 3.8) is 0 Å². The summed E-state index contributed by atoms with van der Waals surface area (Å²) < 4.78 is 235. The first-order chi connectivity index (χ1) is 21.4. The van der Waals surface area contributed by atoms with Crippen molar-refractivity contribution in [2.75, 3.05) is 0 Å². The zero-order chi connectivity index (χ0) is 33.9. The van der Waals surface area contributed by atoms with Gasteiger partial charge in [-0.15, -0.1) is 0 Å². The van der Waals surface area contributed by atoms with Crippen molar-refractivity contribution in [3.05, 3.63) is 123 Å². The third-order valence-corrected chi connectivity index (χ3v) is 10.9. The summed E-state index contributed by atoms with van der Waals surface area (Å²) >= 11 is -5.35. The van der Waals surface area contributed by atoms with Crippen LogP contribution in [0.25, 0.3) is 21.9 Å². The molecule has 46 heavy (non-hydrogen) atoms. The van der Waals surface area contributed by atoms with E-state index in [4.69, 9.17) is 0 Å². The van der Waals surface area contributed by atoms with E-state index in [1.54, 1.807) is 0 Å². The molecule has 0 unspecified atom stereocenters. The molecule has 5 aromatic rings. The second kappa shape index (κ2) is 10.4. The lowest BCUT2D eigenvalue weighted by molar-refractivity contribution is 0.0435. The fraction of sp³-hybridized carbons (Fsp3) is 0.0345. The van der Waals surface area contributed by atoms with Crippen molar-refractivity contribution in [2.24, 2.45) is 0 Å². The van der Waals surface area contributed by atoms with E-state index < -0.39 is 148 Å². The Morgan fingerprint density at radius 3 is 1.57 bits per heavy atom. The van der Waals surface area contributed by atoms with Crippen LogP contribution < -0.4 is 13.3 Å². The summed E-state index contributed by atoms with van der Waals surface area (Å²) in [7, 11) is 0. The fourth-order valence-corrected chi connectivity index (χ4v) is 9.20. The zero-order valence-corrected chi connectivity index (χ0v) is 22.7. The Bertz CT molecular complexity index is 2190. The summed E-state index contributed by atoms with van der Waals surface area (Å²) in [4.78, 5) is 0. The molecule has 0 bridgehead atoms. The van der Waals surface area contributed by atoms with Gasteiger partial charge in [-0.05, 0) is 34.1 Å². The molecule has 6 rings (SSSR count). The van der Waals surface area contributed by atoms with Gasteiger partial charge in [0.2, 0.25) is 0 Å². The molecule has 1 aliphatic carbocycles. The van der Waals surface area contributed by atoms with E-state index in [9.17, 15) is 39.5 Å². The van der Waals surface area contributed by atoms with Gasteiger partial charge in [-0.2, -0.15) is 8.78 Å². The molecule has 0 radical (unpaired) electrons. The predicted molar refractivity (Wildman–Crippen MR) is 129 cm³/mol. The van der Waals surface area contributed by atoms with Gasteiger partial charge in [0.05, 0.1) is 10.9 Å². The Hall–Kier alpha value is -4.23. The van der Waals surface area contributed by atoms with Gasteiger partial charge in [0.15, 0.2) is 64.0 Å². The summed E-state index contributed by atoms with van der Waals surface area (Å²) in [5.74, 6) is -39.7. The third-order valence-electron chi connectivity index (χ3n) is 7.59. The lowest BCUT2D eigenvalue weighted by Gasteiger charge is -2.24. The van der Waals surface area contributed by atoms with Gasteiger partial charge < -0.3 is 0 Å². The predicted octanol–water partition coefficient (Wildman–Crippen LogP) is 7.42. The van der Waals surface area contributed by atoms with Crippen LogP contribution in [0.2, 0.25) is 0 Å². The maximum Gasteiger partial charge on any atom is 0.399 e. The minimum Gasteiger partial charge on any atom is -0.208 e. The summed E-state index contributed by atoms with van der Waals surface area (Å²) in [6.07, 6.45) is 0. The van der Waals surface area contributed by atoms with Crippen LogP contribution in [-0.2, 0) is 5.92 Å². The molecular weight excluding hydrogens is 679 g/mol. The standard InChI is InChI=1S/C13F9.C10H3F4.C6H2F3.Al/c14-3-1-2-4(8(16)7(3)15)5-6(13(2,21)22)10(18)12(20)11(19)9(5)17;11-6-3-1-2-5-4-7(12)9(13)10(14)8(5)6;7-4-1-2-5(8)6(9)3-4;/h;1,3-4H;1-2H;. The SMILES string of the molecule is Fc1ccc(F)[c]([Al]([c]2c(F)c(F)c(F)c3c2C(F)(F)c2c(F)c(F)c(F)c(F)c2-3)[c]2ccc(F)c3c(F)c(F)c(F)cc23)c1F. The van der Waals surface area contributed by atoms with E-state index in [-0.39, 0.29) is 24.3 Å². The Morgan fingerprint density at radius 2 is 0.935 bits per heavy atom. The molecule has 0 aromatic heterocycles. The van der Waals surface area contributed by atoms with Gasteiger partial charge in [0.1, 0.15) is 17.5 Å².